The van der Waals surface area contributed by atoms with Crippen LogP contribution in [-0.2, 0) is 17.9 Å². The summed E-state index contributed by atoms with van der Waals surface area (Å²) in [4.78, 5) is 31.2. The molecule has 1 aliphatic rings. The minimum atomic E-state index is -0.517. The maximum Gasteiger partial charge on any atom is 0.271 e. The van der Waals surface area contributed by atoms with Crippen LogP contribution in [0.3, 0.4) is 0 Å². The van der Waals surface area contributed by atoms with Crippen molar-refractivity contribution in [2.75, 3.05) is 6.54 Å². The maximum atomic E-state index is 12.8. The highest BCUT2D eigenvalue weighted by Crippen LogP contribution is 2.21. The molecule has 0 radical (unpaired) electrons. The van der Waals surface area contributed by atoms with Gasteiger partial charge >= 0.3 is 0 Å². The van der Waals surface area contributed by atoms with Crippen LogP contribution in [-0.4, -0.2) is 38.9 Å². The van der Waals surface area contributed by atoms with Gasteiger partial charge in [-0.25, -0.2) is 0 Å². The molecule has 1 N–H and O–H groups in total. The monoisotopic (exact) mass is 326 g/mol. The molecule has 2 amide bonds. The van der Waals surface area contributed by atoms with E-state index in [0.29, 0.717) is 31.2 Å². The third kappa shape index (κ3) is 3.32. The highest BCUT2D eigenvalue weighted by molar-refractivity contribution is 5.97. The van der Waals surface area contributed by atoms with E-state index < -0.39 is 6.04 Å². The number of carbonyl (C=O) groups is 2. The van der Waals surface area contributed by atoms with Gasteiger partial charge in [-0.1, -0.05) is 19.9 Å². The van der Waals surface area contributed by atoms with Gasteiger partial charge in [0.05, 0.1) is 6.54 Å². The normalized spacial score (nSPS) is 17.0. The first-order chi connectivity index (χ1) is 11.6. The van der Waals surface area contributed by atoms with Gasteiger partial charge in [0, 0.05) is 31.7 Å². The largest absolute Gasteiger partial charge is 0.354 e. The number of hydrogen-bond acceptors (Lipinski definition) is 3. The van der Waals surface area contributed by atoms with Crippen LogP contribution in [0.2, 0.25) is 0 Å². The topological polar surface area (TPSA) is 67.2 Å². The zero-order valence-electron chi connectivity index (χ0n) is 14.0. The van der Waals surface area contributed by atoms with Gasteiger partial charge in [-0.3, -0.25) is 14.6 Å². The standard InChI is InChI=1S/C18H22N4O2/c1-13(2)9-20-17(23)16-12-21-8-4-6-15(21)18(24)22(16)11-14-5-3-7-19-10-14/h3-8,10,13,16H,9,11-12H2,1-2H3,(H,20,23). The molecule has 2 aromatic heterocycles. The minimum Gasteiger partial charge on any atom is -0.354 e. The first-order valence-corrected chi connectivity index (χ1v) is 8.19. The Bertz CT molecular complexity index is 724. The summed E-state index contributed by atoms with van der Waals surface area (Å²) in [7, 11) is 0. The molecule has 3 heterocycles. The van der Waals surface area contributed by atoms with Crippen molar-refractivity contribution in [3.8, 4) is 0 Å². The van der Waals surface area contributed by atoms with Crippen molar-refractivity contribution in [1.29, 1.82) is 0 Å². The lowest BCUT2D eigenvalue weighted by Crippen LogP contribution is -2.55. The molecule has 24 heavy (non-hydrogen) atoms. The molecule has 2 aromatic rings. The predicted molar refractivity (Wildman–Crippen MR) is 90.2 cm³/mol. The van der Waals surface area contributed by atoms with Crippen molar-refractivity contribution in [3.63, 3.8) is 0 Å². The molecule has 0 saturated heterocycles. The summed E-state index contributed by atoms with van der Waals surface area (Å²) in [6.45, 7) is 5.53. The second-order valence-electron chi connectivity index (χ2n) is 6.49. The number of hydrogen-bond donors (Lipinski definition) is 1. The molecule has 6 heteroatoms. The fraction of sp³-hybridized carbons (Fsp3) is 0.389. The number of pyridine rings is 1. The Morgan fingerprint density at radius 2 is 2.21 bits per heavy atom. The summed E-state index contributed by atoms with van der Waals surface area (Å²) in [5.74, 6) is 0.127. The number of carbonyl (C=O) groups excluding carboxylic acids is 2. The summed E-state index contributed by atoms with van der Waals surface area (Å²) in [5, 5.41) is 2.95. The Morgan fingerprint density at radius 3 is 2.92 bits per heavy atom. The Labute approximate surface area is 141 Å². The van der Waals surface area contributed by atoms with Crippen LogP contribution in [0.25, 0.3) is 0 Å². The zero-order chi connectivity index (χ0) is 17.1. The molecular weight excluding hydrogens is 304 g/mol. The summed E-state index contributed by atoms with van der Waals surface area (Å²) >= 11 is 0. The Hall–Kier alpha value is -2.63. The molecule has 1 aliphatic heterocycles. The van der Waals surface area contributed by atoms with E-state index in [-0.39, 0.29) is 11.8 Å². The van der Waals surface area contributed by atoms with Crippen LogP contribution in [0.1, 0.15) is 29.9 Å². The average Bonchev–Trinajstić information content (AvgIpc) is 3.05. The number of rotatable bonds is 5. The van der Waals surface area contributed by atoms with Crippen molar-refractivity contribution in [3.05, 3.63) is 54.1 Å². The van der Waals surface area contributed by atoms with Gasteiger partial charge in [0.2, 0.25) is 5.91 Å². The molecular formula is C18H22N4O2. The van der Waals surface area contributed by atoms with Gasteiger partial charge in [0.1, 0.15) is 11.7 Å². The van der Waals surface area contributed by atoms with Gasteiger partial charge in [-0.15, -0.1) is 0 Å². The number of nitrogens with one attached hydrogen (secondary N) is 1. The van der Waals surface area contributed by atoms with Gasteiger partial charge < -0.3 is 14.8 Å². The smallest absolute Gasteiger partial charge is 0.271 e. The lowest BCUT2D eigenvalue weighted by atomic mass is 10.1. The Kier molecular flexibility index (Phi) is 4.64. The summed E-state index contributed by atoms with van der Waals surface area (Å²) in [6.07, 6.45) is 5.26. The van der Waals surface area contributed by atoms with Crippen molar-refractivity contribution in [2.45, 2.75) is 33.0 Å². The summed E-state index contributed by atoms with van der Waals surface area (Å²) in [5.41, 5.74) is 1.53. The molecule has 126 valence electrons. The van der Waals surface area contributed by atoms with E-state index in [2.05, 4.69) is 10.3 Å². The van der Waals surface area contributed by atoms with E-state index in [0.717, 1.165) is 5.56 Å². The molecule has 0 aromatic carbocycles. The van der Waals surface area contributed by atoms with Gasteiger partial charge in [-0.05, 0) is 29.7 Å². The SMILES string of the molecule is CC(C)CNC(=O)C1Cn2cccc2C(=O)N1Cc1cccnc1. The highest BCUT2D eigenvalue weighted by atomic mass is 16.2. The molecule has 0 saturated carbocycles. The second kappa shape index (κ2) is 6.86. The van der Waals surface area contributed by atoms with Gasteiger partial charge in [0.15, 0.2) is 0 Å². The first kappa shape index (κ1) is 16.2. The van der Waals surface area contributed by atoms with Crippen LogP contribution in [0, 0.1) is 5.92 Å². The quantitative estimate of drug-likeness (QED) is 0.909. The van der Waals surface area contributed by atoms with Crippen molar-refractivity contribution in [1.82, 2.24) is 19.8 Å². The molecule has 0 spiro atoms. The Morgan fingerprint density at radius 1 is 1.38 bits per heavy atom. The van der Waals surface area contributed by atoms with Gasteiger partial charge in [0.25, 0.3) is 5.91 Å². The van der Waals surface area contributed by atoms with Crippen LogP contribution in [0.15, 0.2) is 42.9 Å². The number of nitrogens with zero attached hydrogens (tertiary/aromatic N) is 3. The second-order valence-corrected chi connectivity index (χ2v) is 6.49. The van der Waals surface area contributed by atoms with Crippen LogP contribution in [0.4, 0.5) is 0 Å². The maximum absolute atomic E-state index is 12.8. The van der Waals surface area contributed by atoms with E-state index in [1.54, 1.807) is 23.4 Å². The molecule has 1 unspecified atom stereocenters. The van der Waals surface area contributed by atoms with Crippen molar-refractivity contribution < 1.29 is 9.59 Å². The van der Waals surface area contributed by atoms with Gasteiger partial charge in [-0.2, -0.15) is 0 Å². The molecule has 3 rings (SSSR count). The van der Waals surface area contributed by atoms with Crippen molar-refractivity contribution in [2.24, 2.45) is 5.92 Å². The third-order valence-electron chi connectivity index (χ3n) is 4.12. The minimum absolute atomic E-state index is 0.111. The van der Waals surface area contributed by atoms with E-state index in [1.807, 2.05) is 42.8 Å². The van der Waals surface area contributed by atoms with E-state index in [9.17, 15) is 9.59 Å². The molecule has 1 atom stereocenters. The van der Waals surface area contributed by atoms with E-state index in [1.165, 1.54) is 0 Å². The van der Waals surface area contributed by atoms with E-state index >= 15 is 0 Å². The Balaban J connectivity index is 1.85. The third-order valence-corrected chi connectivity index (χ3v) is 4.12. The number of aromatic nitrogens is 2. The number of fused-ring (bicyclic) bond motifs is 1. The highest BCUT2D eigenvalue weighted by Gasteiger charge is 2.36. The van der Waals surface area contributed by atoms with Crippen LogP contribution < -0.4 is 5.32 Å². The number of amides is 2. The molecule has 6 nitrogen and oxygen atoms in total. The summed E-state index contributed by atoms with van der Waals surface area (Å²) < 4.78 is 1.85. The lowest BCUT2D eigenvalue weighted by Gasteiger charge is -2.35. The fourth-order valence-corrected chi connectivity index (χ4v) is 2.86. The van der Waals surface area contributed by atoms with Crippen molar-refractivity contribution >= 4 is 11.8 Å². The predicted octanol–water partition coefficient (Wildman–Crippen LogP) is 1.68. The van der Waals surface area contributed by atoms with E-state index in [4.69, 9.17) is 0 Å². The fourth-order valence-electron chi connectivity index (χ4n) is 2.86. The first-order valence-electron chi connectivity index (χ1n) is 8.19. The van der Waals surface area contributed by atoms with Crippen LogP contribution >= 0.6 is 0 Å². The molecule has 0 fully saturated rings. The molecule has 0 bridgehead atoms. The summed E-state index contributed by atoms with van der Waals surface area (Å²) in [6, 6.07) is 6.86. The zero-order valence-corrected chi connectivity index (χ0v) is 14.0. The average molecular weight is 326 g/mol. The van der Waals surface area contributed by atoms with Crippen LogP contribution in [0.5, 0.6) is 0 Å². The molecule has 0 aliphatic carbocycles. The lowest BCUT2D eigenvalue weighted by molar-refractivity contribution is -0.126.